The SMILES string of the molecule is C/C=C/CC/C=C/CCCC(O)C(O)C(CO)NC(=O)CCCCCCCCCCCCCCCCCCC/C=C\CCCCCCCCCCCCCCCC. The second kappa shape index (κ2) is 47.3. The Labute approximate surface area is 355 Å². The third-order valence-electron chi connectivity index (χ3n) is 11.8. The Bertz CT molecular complexity index is 885. The van der Waals surface area contributed by atoms with Crippen molar-refractivity contribution in [1.82, 2.24) is 5.32 Å². The zero-order chi connectivity index (χ0) is 41.5. The van der Waals surface area contributed by atoms with Crippen LogP contribution in [0.5, 0.6) is 0 Å². The highest BCUT2D eigenvalue weighted by Gasteiger charge is 2.26. The molecule has 3 atom stereocenters. The Balaban J connectivity index is 3.42. The first-order valence-electron chi connectivity index (χ1n) is 25.2. The highest BCUT2D eigenvalue weighted by Crippen LogP contribution is 2.17. The summed E-state index contributed by atoms with van der Waals surface area (Å²) in [6, 6.07) is -0.829. The standard InChI is InChI=1S/C52H99NO4/c1-3-5-7-9-11-13-14-15-16-17-18-19-20-21-22-23-24-25-26-27-28-29-30-31-32-33-34-35-36-37-38-39-41-43-45-47-51(56)53-49(48-54)52(57)50(55)46-44-42-40-12-10-8-6-4-2/h4,6,12,23-24,40,49-50,52,54-55,57H,3,5,7-11,13-22,25-39,41-48H2,1-2H3,(H,53,56)/b6-4+,24-23-,40-12+. The predicted molar refractivity (Wildman–Crippen MR) is 250 cm³/mol. The molecule has 0 fully saturated rings. The van der Waals surface area contributed by atoms with Crippen molar-refractivity contribution < 1.29 is 20.1 Å². The average Bonchev–Trinajstić information content (AvgIpc) is 3.22. The van der Waals surface area contributed by atoms with E-state index in [1.165, 1.54) is 193 Å². The summed E-state index contributed by atoms with van der Waals surface area (Å²) in [5, 5.41) is 33.3. The summed E-state index contributed by atoms with van der Waals surface area (Å²) in [5.41, 5.74) is 0. The van der Waals surface area contributed by atoms with Crippen molar-refractivity contribution in [3.63, 3.8) is 0 Å². The lowest BCUT2D eigenvalue weighted by atomic mass is 10.0. The number of allylic oxidation sites excluding steroid dienone is 6. The first-order chi connectivity index (χ1) is 28.1. The third kappa shape index (κ3) is 42.5. The first kappa shape index (κ1) is 55.6. The van der Waals surface area contributed by atoms with Crippen LogP contribution in [-0.2, 0) is 4.79 Å². The van der Waals surface area contributed by atoms with E-state index in [-0.39, 0.29) is 12.5 Å². The lowest BCUT2D eigenvalue weighted by molar-refractivity contribution is -0.124. The monoisotopic (exact) mass is 802 g/mol. The van der Waals surface area contributed by atoms with Gasteiger partial charge in [-0.15, -0.1) is 0 Å². The molecule has 0 rings (SSSR count). The van der Waals surface area contributed by atoms with Crippen LogP contribution in [0.25, 0.3) is 0 Å². The average molecular weight is 802 g/mol. The number of carbonyl (C=O) groups excluding carboxylic acids is 1. The Kier molecular flexibility index (Phi) is 46.1. The largest absolute Gasteiger partial charge is 0.394 e. The minimum atomic E-state index is -1.16. The smallest absolute Gasteiger partial charge is 0.220 e. The molecule has 0 saturated heterocycles. The zero-order valence-electron chi connectivity index (χ0n) is 38.2. The fourth-order valence-corrected chi connectivity index (χ4v) is 7.89. The minimum absolute atomic E-state index is 0.159. The second-order valence-electron chi connectivity index (χ2n) is 17.4. The normalized spacial score (nSPS) is 13.7. The van der Waals surface area contributed by atoms with E-state index in [9.17, 15) is 20.1 Å². The predicted octanol–water partition coefficient (Wildman–Crippen LogP) is 15.1. The van der Waals surface area contributed by atoms with Gasteiger partial charge in [-0.2, -0.15) is 0 Å². The van der Waals surface area contributed by atoms with Gasteiger partial charge in [-0.1, -0.05) is 223 Å². The molecule has 0 spiro atoms. The Hall–Kier alpha value is -1.43. The Morgan fingerprint density at radius 1 is 0.456 bits per heavy atom. The number of amides is 1. The summed E-state index contributed by atoms with van der Waals surface area (Å²) < 4.78 is 0. The molecule has 5 heteroatoms. The lowest BCUT2D eigenvalue weighted by Crippen LogP contribution is -2.50. The van der Waals surface area contributed by atoms with Gasteiger partial charge in [-0.3, -0.25) is 4.79 Å². The fraction of sp³-hybridized carbons (Fsp3) is 0.865. The highest BCUT2D eigenvalue weighted by atomic mass is 16.3. The Morgan fingerprint density at radius 2 is 0.789 bits per heavy atom. The number of carbonyl (C=O) groups is 1. The van der Waals surface area contributed by atoms with Crippen LogP contribution in [0.2, 0.25) is 0 Å². The molecule has 0 radical (unpaired) electrons. The summed E-state index contributed by atoms with van der Waals surface area (Å²) >= 11 is 0. The molecule has 5 nitrogen and oxygen atoms in total. The number of unbranched alkanes of at least 4 members (excludes halogenated alkanes) is 33. The second-order valence-corrected chi connectivity index (χ2v) is 17.4. The molecule has 0 aromatic rings. The van der Waals surface area contributed by atoms with Crippen molar-refractivity contribution in [2.45, 2.75) is 283 Å². The van der Waals surface area contributed by atoms with Crippen LogP contribution in [0.3, 0.4) is 0 Å². The first-order valence-corrected chi connectivity index (χ1v) is 25.2. The van der Waals surface area contributed by atoms with Crippen LogP contribution in [-0.4, -0.2) is 46.1 Å². The van der Waals surface area contributed by atoms with Gasteiger partial charge in [-0.25, -0.2) is 0 Å². The maximum Gasteiger partial charge on any atom is 0.220 e. The molecule has 0 aliphatic carbocycles. The van der Waals surface area contributed by atoms with Crippen LogP contribution in [0.15, 0.2) is 36.5 Å². The summed E-state index contributed by atoms with van der Waals surface area (Å²) in [6.07, 6.45) is 60.6. The van der Waals surface area contributed by atoms with E-state index in [0.717, 1.165) is 44.9 Å². The van der Waals surface area contributed by atoms with Gasteiger partial charge in [0.25, 0.3) is 0 Å². The summed E-state index contributed by atoms with van der Waals surface area (Å²) in [5.74, 6) is -0.159. The molecule has 0 aromatic carbocycles. The summed E-state index contributed by atoms with van der Waals surface area (Å²) in [6.45, 7) is 3.94. The van der Waals surface area contributed by atoms with E-state index in [1.807, 2.05) is 13.0 Å². The number of hydrogen-bond donors (Lipinski definition) is 4. The zero-order valence-corrected chi connectivity index (χ0v) is 38.2. The van der Waals surface area contributed by atoms with Gasteiger partial charge in [0, 0.05) is 6.42 Å². The Morgan fingerprint density at radius 3 is 1.18 bits per heavy atom. The molecule has 336 valence electrons. The van der Waals surface area contributed by atoms with Crippen LogP contribution in [0.4, 0.5) is 0 Å². The molecule has 1 amide bonds. The number of aliphatic hydroxyl groups excluding tert-OH is 3. The van der Waals surface area contributed by atoms with Crippen LogP contribution in [0.1, 0.15) is 264 Å². The molecule has 0 saturated carbocycles. The fourth-order valence-electron chi connectivity index (χ4n) is 7.89. The van der Waals surface area contributed by atoms with Crippen molar-refractivity contribution in [3.8, 4) is 0 Å². The van der Waals surface area contributed by atoms with Gasteiger partial charge < -0.3 is 20.6 Å². The van der Waals surface area contributed by atoms with Crippen LogP contribution in [0, 0.1) is 0 Å². The third-order valence-corrected chi connectivity index (χ3v) is 11.8. The molecule has 0 heterocycles. The molecular formula is C52H99NO4. The molecule has 4 N–H and O–H groups in total. The molecule has 0 aliphatic rings. The van der Waals surface area contributed by atoms with Crippen molar-refractivity contribution in [2.75, 3.05) is 6.61 Å². The van der Waals surface area contributed by atoms with Gasteiger partial charge in [-0.05, 0) is 71.1 Å². The van der Waals surface area contributed by atoms with Crippen molar-refractivity contribution in [1.29, 1.82) is 0 Å². The number of nitrogens with one attached hydrogen (secondary N) is 1. The molecular weight excluding hydrogens is 703 g/mol. The van der Waals surface area contributed by atoms with Crippen molar-refractivity contribution in [2.24, 2.45) is 0 Å². The molecule has 0 aliphatic heterocycles. The van der Waals surface area contributed by atoms with Crippen molar-refractivity contribution >= 4 is 5.91 Å². The van der Waals surface area contributed by atoms with Crippen LogP contribution >= 0.6 is 0 Å². The molecule has 3 unspecified atom stereocenters. The van der Waals surface area contributed by atoms with E-state index >= 15 is 0 Å². The van der Waals surface area contributed by atoms with E-state index in [1.54, 1.807) is 0 Å². The van der Waals surface area contributed by atoms with Crippen LogP contribution < -0.4 is 5.32 Å². The van der Waals surface area contributed by atoms with Gasteiger partial charge >= 0.3 is 0 Å². The highest BCUT2D eigenvalue weighted by molar-refractivity contribution is 5.76. The minimum Gasteiger partial charge on any atom is -0.394 e. The maximum atomic E-state index is 12.4. The van der Waals surface area contributed by atoms with E-state index in [2.05, 4.69) is 42.6 Å². The summed E-state index contributed by atoms with van der Waals surface area (Å²) in [7, 11) is 0. The maximum absolute atomic E-state index is 12.4. The quantitative estimate of drug-likeness (QED) is 0.0365. The number of rotatable bonds is 46. The van der Waals surface area contributed by atoms with Crippen molar-refractivity contribution in [3.05, 3.63) is 36.5 Å². The van der Waals surface area contributed by atoms with Gasteiger partial charge in [0.2, 0.25) is 5.91 Å². The molecule has 57 heavy (non-hydrogen) atoms. The molecule has 0 aromatic heterocycles. The summed E-state index contributed by atoms with van der Waals surface area (Å²) in [4.78, 5) is 12.4. The van der Waals surface area contributed by atoms with E-state index in [0.29, 0.717) is 12.8 Å². The van der Waals surface area contributed by atoms with Gasteiger partial charge in [0.15, 0.2) is 0 Å². The van der Waals surface area contributed by atoms with Gasteiger partial charge in [0.1, 0.15) is 6.10 Å². The van der Waals surface area contributed by atoms with E-state index < -0.39 is 18.2 Å². The van der Waals surface area contributed by atoms with E-state index in [4.69, 9.17) is 0 Å². The number of hydrogen-bond acceptors (Lipinski definition) is 4. The molecule has 0 bridgehead atoms. The van der Waals surface area contributed by atoms with Gasteiger partial charge in [0.05, 0.1) is 18.8 Å². The topological polar surface area (TPSA) is 89.8 Å². The number of aliphatic hydroxyl groups is 3. The lowest BCUT2D eigenvalue weighted by Gasteiger charge is -2.26.